The van der Waals surface area contributed by atoms with E-state index in [2.05, 4.69) is 123 Å². The van der Waals surface area contributed by atoms with Crippen molar-refractivity contribution in [3.8, 4) is 11.1 Å². The van der Waals surface area contributed by atoms with Gasteiger partial charge >= 0.3 is 16.2 Å². The number of piperazine rings is 1. The molecule has 0 radical (unpaired) electrons. The second kappa shape index (κ2) is 22.0. The molecule has 6 aromatic rings. The van der Waals surface area contributed by atoms with Crippen molar-refractivity contribution < 1.29 is 40.3 Å². The summed E-state index contributed by atoms with van der Waals surface area (Å²) in [5, 5.41) is 2.58. The molecule has 5 heterocycles. The van der Waals surface area contributed by atoms with Crippen molar-refractivity contribution in [2.75, 3.05) is 75.1 Å². The molecule has 3 saturated heterocycles. The number of anilines is 2. The van der Waals surface area contributed by atoms with Gasteiger partial charge in [-0.05, 0) is 110 Å². The van der Waals surface area contributed by atoms with E-state index in [4.69, 9.17) is 9.16 Å². The number of pyridine rings is 1. The molecular weight excluding hydrogens is 996 g/mol. The van der Waals surface area contributed by atoms with E-state index in [0.717, 1.165) is 79.8 Å². The van der Waals surface area contributed by atoms with Crippen molar-refractivity contribution in [3.05, 3.63) is 138 Å². The van der Waals surface area contributed by atoms with E-state index < -0.39 is 65.5 Å². The number of ketones is 1. The highest BCUT2D eigenvalue weighted by Gasteiger charge is 2.51. The summed E-state index contributed by atoms with van der Waals surface area (Å²) in [6.45, 7) is 17.9. The zero-order valence-corrected chi connectivity index (χ0v) is 45.4. The Balaban J connectivity index is 0.948. The number of piperidine rings is 1. The number of H-pyrrole nitrogens is 1. The van der Waals surface area contributed by atoms with E-state index in [1.807, 2.05) is 32.9 Å². The van der Waals surface area contributed by atoms with Gasteiger partial charge in [0.05, 0.1) is 24.4 Å². The van der Waals surface area contributed by atoms with Gasteiger partial charge in [-0.2, -0.15) is 12.7 Å². The summed E-state index contributed by atoms with van der Waals surface area (Å²) in [5.41, 5.74) is 0.688. The Bertz CT molecular complexity index is 3050. The number of carbonyl (C=O) groups is 2. The van der Waals surface area contributed by atoms with Crippen molar-refractivity contribution in [2.24, 2.45) is 5.92 Å². The number of rotatable bonds is 16. The molecule has 0 bridgehead atoms. The number of hydrogen-bond acceptors (Lipinski definition) is 10. The lowest BCUT2D eigenvalue weighted by atomic mass is 9.95. The van der Waals surface area contributed by atoms with Crippen molar-refractivity contribution in [3.63, 3.8) is 0 Å². The SMILES string of the molecule is CC(C)(C)OC(=O)CN1CCC(CN2CCN(c3ccc(-c4cnc5[nH]cc(C(=O)c6c(F)ccc(NS(=O)(=O)N7CC[C@@H](F)C7)c6F)c5c4)cc3)C[C@H]2CO[Si](c2ccccc2)(c2ccccc2)C(C)(C)C)CC1. The summed E-state index contributed by atoms with van der Waals surface area (Å²) in [4.78, 5) is 41.4. The summed E-state index contributed by atoms with van der Waals surface area (Å²) in [6.07, 6.45) is 3.61. The normalized spacial score (nSPS) is 18.9. The summed E-state index contributed by atoms with van der Waals surface area (Å²) in [5.74, 6) is -3.30. The summed E-state index contributed by atoms with van der Waals surface area (Å²) in [7, 11) is -7.25. The van der Waals surface area contributed by atoms with Crippen LogP contribution in [-0.4, -0.2) is 136 Å². The van der Waals surface area contributed by atoms with E-state index in [0.29, 0.717) is 35.7 Å². The van der Waals surface area contributed by atoms with Crippen molar-refractivity contribution in [2.45, 2.75) is 83.7 Å². The van der Waals surface area contributed by atoms with E-state index in [-0.39, 0.29) is 35.6 Å². The first-order chi connectivity index (χ1) is 35.7. The zero-order chi connectivity index (χ0) is 53.3. The fraction of sp³-hybridized carbons (Fsp3) is 0.421. The number of alkyl halides is 1. The molecular formula is C57H68F3N7O6SSi. The van der Waals surface area contributed by atoms with Crippen LogP contribution in [0, 0.1) is 17.6 Å². The predicted molar refractivity (Wildman–Crippen MR) is 291 cm³/mol. The number of aromatic amines is 1. The maximum atomic E-state index is 16.0. The third kappa shape index (κ3) is 11.9. The highest BCUT2D eigenvalue weighted by molar-refractivity contribution is 7.90. The summed E-state index contributed by atoms with van der Waals surface area (Å²) < 4.78 is 87.3. The van der Waals surface area contributed by atoms with Gasteiger partial charge in [0, 0.05) is 79.9 Å². The Labute approximate surface area is 439 Å². The molecule has 4 aromatic carbocycles. The van der Waals surface area contributed by atoms with Gasteiger partial charge in [0.1, 0.15) is 23.2 Å². The fourth-order valence-corrected chi connectivity index (χ4v) is 16.9. The molecule has 9 rings (SSSR count). The number of benzene rings is 4. The second-order valence-electron chi connectivity index (χ2n) is 22.2. The molecule has 2 aromatic heterocycles. The first kappa shape index (κ1) is 53.9. The van der Waals surface area contributed by atoms with Crippen molar-refractivity contribution >= 4 is 63.1 Å². The number of nitrogens with one attached hydrogen (secondary N) is 2. The van der Waals surface area contributed by atoms with Gasteiger partial charge in [0.25, 0.3) is 8.32 Å². The molecule has 3 aliphatic heterocycles. The lowest BCUT2D eigenvalue weighted by Gasteiger charge is -2.48. The van der Waals surface area contributed by atoms with E-state index in [1.165, 1.54) is 16.6 Å². The summed E-state index contributed by atoms with van der Waals surface area (Å²) in [6, 6.07) is 33.1. The van der Waals surface area contributed by atoms with Crippen molar-refractivity contribution in [1.29, 1.82) is 0 Å². The fourth-order valence-electron chi connectivity index (χ4n) is 11.0. The highest BCUT2D eigenvalue weighted by Crippen LogP contribution is 2.38. The second-order valence-corrected chi connectivity index (χ2v) is 28.2. The predicted octanol–water partition coefficient (Wildman–Crippen LogP) is 8.56. The Morgan fingerprint density at radius 2 is 1.48 bits per heavy atom. The van der Waals surface area contributed by atoms with Crippen LogP contribution in [0.3, 0.4) is 0 Å². The van der Waals surface area contributed by atoms with Crippen LogP contribution < -0.4 is 20.0 Å². The Hall–Kier alpha value is -5.89. The Kier molecular flexibility index (Phi) is 15.8. The Morgan fingerprint density at radius 1 is 0.813 bits per heavy atom. The molecule has 2 atom stereocenters. The first-order valence-corrected chi connectivity index (χ1v) is 29.2. The average Bonchev–Trinajstić information content (AvgIpc) is 4.03. The van der Waals surface area contributed by atoms with Gasteiger partial charge in [0.15, 0.2) is 5.82 Å². The molecule has 0 unspecified atom stereocenters. The molecule has 0 saturated carbocycles. The number of halogens is 3. The summed E-state index contributed by atoms with van der Waals surface area (Å²) >= 11 is 0. The Morgan fingerprint density at radius 3 is 2.09 bits per heavy atom. The molecule has 0 aliphatic carbocycles. The number of ether oxygens (including phenoxy) is 1. The number of fused-ring (bicyclic) bond motifs is 1. The van der Waals surface area contributed by atoms with Crippen LogP contribution >= 0.6 is 0 Å². The van der Waals surface area contributed by atoms with E-state index in [1.54, 1.807) is 12.3 Å². The minimum atomic E-state index is -4.38. The van der Waals surface area contributed by atoms with Crippen LogP contribution in [0.1, 0.15) is 76.7 Å². The van der Waals surface area contributed by atoms with Crippen LogP contribution in [0.15, 0.2) is 116 Å². The monoisotopic (exact) mass is 1060 g/mol. The van der Waals surface area contributed by atoms with E-state index in [9.17, 15) is 22.4 Å². The van der Waals surface area contributed by atoms with Gasteiger partial charge < -0.3 is 19.0 Å². The maximum absolute atomic E-state index is 16.0. The van der Waals surface area contributed by atoms with Crippen LogP contribution in [0.5, 0.6) is 0 Å². The molecule has 0 spiro atoms. The van der Waals surface area contributed by atoms with Crippen LogP contribution in [0.25, 0.3) is 22.2 Å². The first-order valence-electron chi connectivity index (χ1n) is 25.9. The van der Waals surface area contributed by atoms with Gasteiger partial charge in [-0.15, -0.1) is 0 Å². The molecule has 3 aliphatic rings. The topological polar surface area (TPSA) is 140 Å². The quantitative estimate of drug-likeness (QED) is 0.0551. The molecule has 398 valence electrons. The van der Waals surface area contributed by atoms with Crippen LogP contribution in [0.4, 0.5) is 24.5 Å². The number of esters is 1. The zero-order valence-electron chi connectivity index (χ0n) is 43.6. The molecule has 18 heteroatoms. The van der Waals surface area contributed by atoms with Crippen molar-refractivity contribution in [1.82, 2.24) is 24.1 Å². The van der Waals surface area contributed by atoms with Crippen LogP contribution in [0.2, 0.25) is 5.04 Å². The molecule has 75 heavy (non-hydrogen) atoms. The molecule has 2 N–H and O–H groups in total. The molecule has 3 fully saturated rings. The molecule has 13 nitrogen and oxygen atoms in total. The lowest BCUT2D eigenvalue weighted by molar-refractivity contribution is -0.156. The third-order valence-corrected chi connectivity index (χ3v) is 21.3. The largest absolute Gasteiger partial charge is 0.459 e. The smallest absolute Gasteiger partial charge is 0.320 e. The van der Waals surface area contributed by atoms with E-state index >= 15 is 8.78 Å². The number of hydrogen-bond donors (Lipinski definition) is 2. The third-order valence-electron chi connectivity index (χ3n) is 14.8. The number of nitrogens with zero attached hydrogens (tertiary/aromatic N) is 5. The number of likely N-dealkylation sites (tertiary alicyclic amines) is 1. The minimum Gasteiger partial charge on any atom is -0.459 e. The number of carbonyl (C=O) groups excluding carboxylic acids is 2. The standard InChI is InChI=1S/C57H68F3N7O6SSi/c1-56(2,3)73-51(68)37-64-26-23-39(24-27-64)34-65-29-30-66(36-44(65)38-72-75(57(4,5)6,45-13-9-7-10-14-45)46-15-11-8-12-16-46)43-19-17-40(18-20-43)41-31-47-48(33-62-55(47)61-32-41)54(69)52-49(59)21-22-50(53(52)60)63-74(70,71)67-28-25-42(58)35-67/h7-22,31-33,39,42,44,63H,23-30,34-38H2,1-6H3,(H,61,62)/t42-,44+/m1/s1. The van der Waals surface area contributed by atoms with Gasteiger partial charge in [-0.1, -0.05) is 93.6 Å². The average molecular weight is 1060 g/mol. The lowest BCUT2D eigenvalue weighted by Crippen LogP contribution is -2.68. The minimum absolute atomic E-state index is 0.000706. The maximum Gasteiger partial charge on any atom is 0.320 e. The highest BCUT2D eigenvalue weighted by atomic mass is 32.2. The number of aromatic nitrogens is 2. The van der Waals surface area contributed by atoms with Gasteiger partial charge in [-0.3, -0.25) is 24.1 Å². The molecule has 0 amide bonds. The van der Waals surface area contributed by atoms with Gasteiger partial charge in [0.2, 0.25) is 5.78 Å². The van der Waals surface area contributed by atoms with Crippen LogP contribution in [-0.2, 0) is 24.2 Å². The van der Waals surface area contributed by atoms with Gasteiger partial charge in [-0.25, -0.2) is 18.2 Å².